The van der Waals surface area contributed by atoms with Gasteiger partial charge in [-0.25, -0.2) is 0 Å². The Hall–Kier alpha value is -1.63. The minimum Gasteiger partial charge on any atom is -0.342 e. The van der Waals surface area contributed by atoms with E-state index in [9.17, 15) is 14.4 Å². The Morgan fingerprint density at radius 2 is 2.16 bits per heavy atom. The molecule has 104 valence electrons. The van der Waals surface area contributed by atoms with Crippen LogP contribution in [0.25, 0.3) is 0 Å². The van der Waals surface area contributed by atoms with E-state index in [1.807, 2.05) is 6.92 Å². The van der Waals surface area contributed by atoms with Gasteiger partial charge in [-0.05, 0) is 13.3 Å². The van der Waals surface area contributed by atoms with Gasteiger partial charge in [-0.1, -0.05) is 18.3 Å². The van der Waals surface area contributed by atoms with Crippen LogP contribution < -0.4 is 10.2 Å². The molecule has 1 atom stereocenters. The zero-order valence-electron chi connectivity index (χ0n) is 11.0. The van der Waals surface area contributed by atoms with Crippen molar-refractivity contribution in [2.45, 2.75) is 38.8 Å². The minimum absolute atomic E-state index is 0.104. The number of carbonyl (C=O) groups excluding carboxylic acids is 2. The monoisotopic (exact) mass is 283 g/mol. The molecule has 2 heterocycles. The van der Waals surface area contributed by atoms with Gasteiger partial charge in [0.2, 0.25) is 11.8 Å². The van der Waals surface area contributed by atoms with Crippen molar-refractivity contribution < 1.29 is 9.59 Å². The highest BCUT2D eigenvalue weighted by Crippen LogP contribution is 2.19. The molecule has 0 aliphatic carbocycles. The SMILES string of the molecule is CCC1(C)NC(=O)CCN(Cc2csc(=O)[nH]2)C1=O. The number of aromatic nitrogens is 1. The van der Waals surface area contributed by atoms with Gasteiger partial charge in [-0.3, -0.25) is 14.4 Å². The summed E-state index contributed by atoms with van der Waals surface area (Å²) in [5.74, 6) is -0.216. The maximum atomic E-state index is 12.5. The number of rotatable bonds is 3. The molecule has 0 bridgehead atoms. The Morgan fingerprint density at radius 1 is 1.42 bits per heavy atom. The number of thiazole rings is 1. The van der Waals surface area contributed by atoms with Gasteiger partial charge < -0.3 is 15.2 Å². The summed E-state index contributed by atoms with van der Waals surface area (Å²) < 4.78 is 0. The maximum absolute atomic E-state index is 12.5. The van der Waals surface area contributed by atoms with Crippen LogP contribution in [0.15, 0.2) is 10.2 Å². The highest BCUT2D eigenvalue weighted by Gasteiger charge is 2.39. The zero-order valence-corrected chi connectivity index (χ0v) is 11.8. The minimum atomic E-state index is -0.857. The number of hydrogen-bond donors (Lipinski definition) is 2. The number of hydrogen-bond acceptors (Lipinski definition) is 4. The summed E-state index contributed by atoms with van der Waals surface area (Å²) in [4.78, 5) is 39.4. The van der Waals surface area contributed by atoms with Crippen LogP contribution in [-0.4, -0.2) is 33.8 Å². The van der Waals surface area contributed by atoms with E-state index in [-0.39, 0.29) is 23.1 Å². The van der Waals surface area contributed by atoms with Gasteiger partial charge in [0.05, 0.1) is 6.54 Å². The van der Waals surface area contributed by atoms with Crippen molar-refractivity contribution in [1.82, 2.24) is 15.2 Å². The summed E-state index contributed by atoms with van der Waals surface area (Å²) in [6, 6.07) is 0. The first-order chi connectivity index (χ1) is 8.94. The lowest BCUT2D eigenvalue weighted by Gasteiger charge is -2.30. The van der Waals surface area contributed by atoms with Gasteiger partial charge in [-0.15, -0.1) is 0 Å². The van der Waals surface area contributed by atoms with E-state index < -0.39 is 5.54 Å². The summed E-state index contributed by atoms with van der Waals surface area (Å²) in [6.45, 7) is 4.32. The maximum Gasteiger partial charge on any atom is 0.304 e. The van der Waals surface area contributed by atoms with E-state index in [0.29, 0.717) is 25.2 Å². The smallest absolute Gasteiger partial charge is 0.304 e. The fourth-order valence-electron chi connectivity index (χ4n) is 2.10. The van der Waals surface area contributed by atoms with Crippen LogP contribution in [-0.2, 0) is 16.1 Å². The molecule has 1 unspecified atom stereocenters. The van der Waals surface area contributed by atoms with Gasteiger partial charge in [-0.2, -0.15) is 0 Å². The average molecular weight is 283 g/mol. The second kappa shape index (κ2) is 5.16. The lowest BCUT2D eigenvalue weighted by atomic mass is 9.97. The van der Waals surface area contributed by atoms with E-state index in [2.05, 4.69) is 10.3 Å². The number of H-pyrrole nitrogens is 1. The van der Waals surface area contributed by atoms with Crippen LogP contribution in [0.1, 0.15) is 32.4 Å². The Balaban J connectivity index is 2.21. The number of carbonyl (C=O) groups is 2. The van der Waals surface area contributed by atoms with Gasteiger partial charge in [0.25, 0.3) is 0 Å². The summed E-state index contributed by atoms with van der Waals surface area (Å²) in [7, 11) is 0. The first kappa shape index (κ1) is 13.8. The summed E-state index contributed by atoms with van der Waals surface area (Å²) >= 11 is 1.07. The largest absolute Gasteiger partial charge is 0.342 e. The van der Waals surface area contributed by atoms with Crippen molar-refractivity contribution in [2.24, 2.45) is 0 Å². The van der Waals surface area contributed by atoms with Crippen molar-refractivity contribution in [3.05, 3.63) is 20.7 Å². The molecular weight excluding hydrogens is 266 g/mol. The molecule has 2 amide bonds. The molecule has 0 aromatic carbocycles. The predicted octanol–water partition coefficient (Wildman–Crippen LogP) is 0.454. The van der Waals surface area contributed by atoms with Crippen molar-refractivity contribution in [1.29, 1.82) is 0 Å². The highest BCUT2D eigenvalue weighted by molar-refractivity contribution is 7.07. The third-order valence-corrected chi connectivity index (χ3v) is 4.14. The second-order valence-corrected chi connectivity index (χ2v) is 5.73. The normalized spacial score (nSPS) is 24.2. The van der Waals surface area contributed by atoms with Crippen molar-refractivity contribution >= 4 is 23.2 Å². The van der Waals surface area contributed by atoms with E-state index in [4.69, 9.17) is 0 Å². The molecule has 1 aromatic heterocycles. The third-order valence-electron chi connectivity index (χ3n) is 3.42. The first-order valence-corrected chi connectivity index (χ1v) is 7.09. The number of nitrogens with one attached hydrogen (secondary N) is 2. The van der Waals surface area contributed by atoms with E-state index >= 15 is 0 Å². The fraction of sp³-hybridized carbons (Fsp3) is 0.583. The van der Waals surface area contributed by atoms with Crippen LogP contribution in [0.4, 0.5) is 0 Å². The van der Waals surface area contributed by atoms with E-state index in [1.54, 1.807) is 17.2 Å². The summed E-state index contributed by atoms with van der Waals surface area (Å²) in [5.41, 5.74) is -0.152. The summed E-state index contributed by atoms with van der Waals surface area (Å²) in [6.07, 6.45) is 0.823. The number of amides is 2. The van der Waals surface area contributed by atoms with Crippen LogP contribution >= 0.6 is 11.3 Å². The molecule has 0 saturated carbocycles. The molecule has 6 nitrogen and oxygen atoms in total. The number of aromatic amines is 1. The molecule has 1 aliphatic rings. The third kappa shape index (κ3) is 2.86. The summed E-state index contributed by atoms with van der Waals surface area (Å²) in [5, 5.41) is 4.48. The van der Waals surface area contributed by atoms with Gasteiger partial charge >= 0.3 is 4.87 Å². The average Bonchev–Trinajstić information content (AvgIpc) is 2.74. The lowest BCUT2D eigenvalue weighted by molar-refractivity contribution is -0.138. The molecule has 1 saturated heterocycles. The topological polar surface area (TPSA) is 82.3 Å². The van der Waals surface area contributed by atoms with Crippen LogP contribution in [0, 0.1) is 0 Å². The standard InChI is InChI=1S/C12H17N3O3S/c1-3-12(2)10(17)15(5-4-9(16)14-12)6-8-7-19-11(18)13-8/h7H,3-6H2,1-2H3,(H,13,18)(H,14,16). The van der Waals surface area contributed by atoms with Crippen LogP contribution in [0.3, 0.4) is 0 Å². The van der Waals surface area contributed by atoms with Gasteiger partial charge in [0.15, 0.2) is 0 Å². The van der Waals surface area contributed by atoms with Crippen LogP contribution in [0.2, 0.25) is 0 Å². The quantitative estimate of drug-likeness (QED) is 0.845. The number of nitrogens with zero attached hydrogens (tertiary/aromatic N) is 1. The first-order valence-electron chi connectivity index (χ1n) is 6.21. The lowest BCUT2D eigenvalue weighted by Crippen LogP contribution is -2.54. The van der Waals surface area contributed by atoms with Crippen LogP contribution in [0.5, 0.6) is 0 Å². The molecule has 1 aliphatic heterocycles. The van der Waals surface area contributed by atoms with Crippen molar-refractivity contribution in [2.75, 3.05) is 6.54 Å². The predicted molar refractivity (Wildman–Crippen MR) is 71.8 cm³/mol. The molecule has 7 heteroatoms. The highest BCUT2D eigenvalue weighted by atomic mass is 32.1. The Bertz CT molecular complexity index is 550. The molecule has 1 fully saturated rings. The Kier molecular flexibility index (Phi) is 3.75. The molecule has 1 aromatic rings. The molecule has 2 N–H and O–H groups in total. The fourth-order valence-corrected chi connectivity index (χ4v) is 2.67. The van der Waals surface area contributed by atoms with E-state index in [1.165, 1.54) is 0 Å². The molecule has 2 rings (SSSR count). The van der Waals surface area contributed by atoms with Crippen molar-refractivity contribution in [3.63, 3.8) is 0 Å². The molecule has 0 radical (unpaired) electrons. The van der Waals surface area contributed by atoms with Crippen molar-refractivity contribution in [3.8, 4) is 0 Å². The Morgan fingerprint density at radius 3 is 2.74 bits per heavy atom. The molecular formula is C12H17N3O3S. The zero-order chi connectivity index (χ0) is 14.0. The second-order valence-electron chi connectivity index (χ2n) is 4.88. The van der Waals surface area contributed by atoms with Gasteiger partial charge in [0, 0.05) is 24.0 Å². The Labute approximate surface area is 114 Å². The van der Waals surface area contributed by atoms with Gasteiger partial charge in [0.1, 0.15) is 5.54 Å². The van der Waals surface area contributed by atoms with E-state index in [0.717, 1.165) is 11.3 Å². The molecule has 0 spiro atoms. The molecule has 19 heavy (non-hydrogen) atoms.